The summed E-state index contributed by atoms with van der Waals surface area (Å²) in [7, 11) is 0. The summed E-state index contributed by atoms with van der Waals surface area (Å²) in [5.41, 5.74) is 16.1. The smallest absolute Gasteiger partial charge is 0.182 e. The quantitative estimate of drug-likeness (QED) is 0.160. The third-order valence-corrected chi connectivity index (χ3v) is 11.9. The van der Waals surface area contributed by atoms with Crippen LogP contribution in [0.2, 0.25) is 0 Å². The average molecular weight is 810 g/mol. The standard InChI is InChI=1S/C56H39N7/c1-4-18-42(19-5-1)59-47-24-10-14-28-51(47)61(52-29-15-11-25-48(52)59)44-36-32-40(33-37-44)55-57-56(63(58-55)46-22-8-3-9-23-46)41-34-38-45(39-35-41)62-53-30-16-12-26-49(53)60(43-20-6-2-7-21-43)50-27-13-17-31-54(50)62/h1-39H. The molecule has 298 valence electrons. The maximum Gasteiger partial charge on any atom is 0.182 e. The molecule has 0 bridgehead atoms. The lowest BCUT2D eigenvalue weighted by atomic mass is 10.0. The molecule has 0 radical (unpaired) electrons. The fraction of sp³-hybridized carbons (Fsp3) is 0. The van der Waals surface area contributed by atoms with Gasteiger partial charge in [0.2, 0.25) is 0 Å². The highest BCUT2D eigenvalue weighted by Crippen LogP contribution is 2.55. The lowest BCUT2D eigenvalue weighted by molar-refractivity contribution is 0.890. The van der Waals surface area contributed by atoms with Crippen molar-refractivity contribution in [2.75, 3.05) is 19.6 Å². The SMILES string of the molecule is c1ccc(N2c3ccccc3N(c3ccc(-c4nc(-c5ccc(N6c7ccccc7N(c7ccccc7)c7ccccc76)cc5)n(-c5ccccc5)n4)cc3)c3ccccc32)cc1. The Kier molecular flexibility index (Phi) is 8.67. The molecule has 0 amide bonds. The van der Waals surface area contributed by atoms with E-state index in [0.29, 0.717) is 5.82 Å². The van der Waals surface area contributed by atoms with Crippen molar-refractivity contribution in [3.8, 4) is 28.5 Å². The maximum atomic E-state index is 5.25. The predicted molar refractivity (Wildman–Crippen MR) is 258 cm³/mol. The van der Waals surface area contributed by atoms with Gasteiger partial charge in [-0.25, -0.2) is 9.67 Å². The molecule has 0 fully saturated rings. The van der Waals surface area contributed by atoms with E-state index < -0.39 is 0 Å². The highest BCUT2D eigenvalue weighted by molar-refractivity contribution is 6.03. The van der Waals surface area contributed by atoms with Crippen molar-refractivity contribution in [3.63, 3.8) is 0 Å². The first-order valence-electron chi connectivity index (χ1n) is 21.2. The Labute approximate surface area is 366 Å². The molecule has 7 heteroatoms. The number of anilines is 12. The van der Waals surface area contributed by atoms with E-state index in [1.807, 2.05) is 22.9 Å². The Morgan fingerprint density at radius 3 is 0.841 bits per heavy atom. The van der Waals surface area contributed by atoms with Crippen molar-refractivity contribution in [2.45, 2.75) is 0 Å². The van der Waals surface area contributed by atoms with E-state index in [9.17, 15) is 0 Å². The van der Waals surface area contributed by atoms with E-state index in [1.165, 1.54) is 0 Å². The summed E-state index contributed by atoms with van der Waals surface area (Å²) in [6.45, 7) is 0. The lowest BCUT2D eigenvalue weighted by Gasteiger charge is -2.40. The summed E-state index contributed by atoms with van der Waals surface area (Å²) < 4.78 is 1.96. The molecule has 0 saturated heterocycles. The van der Waals surface area contributed by atoms with Gasteiger partial charge < -0.3 is 19.6 Å². The van der Waals surface area contributed by atoms with Crippen LogP contribution in [0, 0.1) is 0 Å². The zero-order valence-corrected chi connectivity index (χ0v) is 34.1. The van der Waals surface area contributed by atoms with Crippen molar-refractivity contribution in [3.05, 3.63) is 237 Å². The van der Waals surface area contributed by atoms with Gasteiger partial charge in [-0.3, -0.25) is 0 Å². The van der Waals surface area contributed by atoms with Crippen LogP contribution in [-0.2, 0) is 0 Å². The molecule has 0 saturated carbocycles. The Morgan fingerprint density at radius 1 is 0.238 bits per heavy atom. The van der Waals surface area contributed by atoms with Crippen molar-refractivity contribution >= 4 is 68.2 Å². The number of benzene rings is 9. The van der Waals surface area contributed by atoms with Gasteiger partial charge in [-0.05, 0) is 133 Å². The van der Waals surface area contributed by atoms with E-state index >= 15 is 0 Å². The molecule has 0 unspecified atom stereocenters. The Balaban J connectivity index is 0.909. The molecule has 3 heterocycles. The fourth-order valence-corrected chi connectivity index (χ4v) is 9.04. The maximum absolute atomic E-state index is 5.25. The highest BCUT2D eigenvalue weighted by Gasteiger charge is 2.32. The van der Waals surface area contributed by atoms with Crippen LogP contribution in [0.5, 0.6) is 0 Å². The molecule has 0 N–H and O–H groups in total. The van der Waals surface area contributed by atoms with E-state index in [2.05, 4.69) is 238 Å². The number of para-hydroxylation sites is 11. The number of hydrogen-bond acceptors (Lipinski definition) is 6. The van der Waals surface area contributed by atoms with Crippen LogP contribution in [-0.4, -0.2) is 14.8 Å². The van der Waals surface area contributed by atoms with E-state index in [-0.39, 0.29) is 0 Å². The average Bonchev–Trinajstić information content (AvgIpc) is 3.81. The van der Waals surface area contributed by atoms with Gasteiger partial charge in [0.25, 0.3) is 0 Å². The van der Waals surface area contributed by atoms with Gasteiger partial charge in [0.15, 0.2) is 11.6 Å². The molecule has 0 spiro atoms. The number of rotatable bonds is 7. The second-order valence-corrected chi connectivity index (χ2v) is 15.6. The summed E-state index contributed by atoms with van der Waals surface area (Å²) in [6.07, 6.45) is 0. The van der Waals surface area contributed by atoms with E-state index in [4.69, 9.17) is 10.1 Å². The zero-order valence-electron chi connectivity index (χ0n) is 34.1. The van der Waals surface area contributed by atoms with Crippen molar-refractivity contribution < 1.29 is 0 Å². The first kappa shape index (κ1) is 36.2. The minimum absolute atomic E-state index is 0.652. The molecule has 2 aliphatic heterocycles. The molecule has 0 atom stereocenters. The van der Waals surface area contributed by atoms with Crippen LogP contribution < -0.4 is 19.6 Å². The zero-order chi connectivity index (χ0) is 41.7. The summed E-state index contributed by atoms with van der Waals surface area (Å²) in [5.74, 6) is 1.42. The monoisotopic (exact) mass is 809 g/mol. The first-order chi connectivity index (χ1) is 31.3. The minimum atomic E-state index is 0.652. The molecular formula is C56H39N7. The van der Waals surface area contributed by atoms with Gasteiger partial charge in [-0.15, -0.1) is 5.10 Å². The lowest BCUT2D eigenvalue weighted by Crippen LogP contribution is -2.23. The second-order valence-electron chi connectivity index (χ2n) is 15.6. The van der Waals surface area contributed by atoms with Crippen molar-refractivity contribution in [2.24, 2.45) is 0 Å². The van der Waals surface area contributed by atoms with Gasteiger partial charge in [0, 0.05) is 33.9 Å². The normalized spacial score (nSPS) is 12.6. The number of fused-ring (bicyclic) bond motifs is 4. The third kappa shape index (κ3) is 6.13. The van der Waals surface area contributed by atoms with Crippen LogP contribution in [0.4, 0.5) is 68.2 Å². The Bertz CT molecular complexity index is 3140. The highest BCUT2D eigenvalue weighted by atomic mass is 15.4. The van der Waals surface area contributed by atoms with Gasteiger partial charge in [0.05, 0.1) is 51.2 Å². The number of nitrogens with zero attached hydrogens (tertiary/aromatic N) is 7. The van der Waals surface area contributed by atoms with Crippen LogP contribution in [0.15, 0.2) is 237 Å². The van der Waals surface area contributed by atoms with Gasteiger partial charge >= 0.3 is 0 Å². The summed E-state index contributed by atoms with van der Waals surface area (Å²) >= 11 is 0. The molecular weight excluding hydrogens is 771 g/mol. The van der Waals surface area contributed by atoms with Crippen molar-refractivity contribution in [1.82, 2.24) is 14.8 Å². The number of hydrogen-bond donors (Lipinski definition) is 0. The predicted octanol–water partition coefficient (Wildman–Crippen LogP) is 15.1. The van der Waals surface area contributed by atoms with Crippen molar-refractivity contribution in [1.29, 1.82) is 0 Å². The van der Waals surface area contributed by atoms with Gasteiger partial charge in [-0.2, -0.15) is 0 Å². The minimum Gasteiger partial charge on any atom is -0.306 e. The van der Waals surface area contributed by atoms with Crippen LogP contribution in [0.3, 0.4) is 0 Å². The molecule has 12 rings (SSSR count). The second kappa shape index (κ2) is 15.1. The molecule has 63 heavy (non-hydrogen) atoms. The molecule has 0 aliphatic carbocycles. The van der Waals surface area contributed by atoms with E-state index in [1.54, 1.807) is 0 Å². The van der Waals surface area contributed by atoms with Crippen LogP contribution >= 0.6 is 0 Å². The third-order valence-electron chi connectivity index (χ3n) is 11.9. The van der Waals surface area contributed by atoms with Crippen LogP contribution in [0.25, 0.3) is 28.5 Å². The molecule has 9 aromatic carbocycles. The molecule has 1 aromatic heterocycles. The van der Waals surface area contributed by atoms with Gasteiger partial charge in [-0.1, -0.05) is 103 Å². The molecule has 2 aliphatic rings. The molecule has 7 nitrogen and oxygen atoms in total. The largest absolute Gasteiger partial charge is 0.306 e. The van der Waals surface area contributed by atoms with Crippen LogP contribution in [0.1, 0.15) is 0 Å². The summed E-state index contributed by atoms with van der Waals surface area (Å²) in [6, 6.07) is 83.1. The summed E-state index contributed by atoms with van der Waals surface area (Å²) in [5, 5.41) is 5.16. The number of aromatic nitrogens is 3. The Hall–Kier alpha value is -8.68. The van der Waals surface area contributed by atoms with Gasteiger partial charge in [0.1, 0.15) is 0 Å². The fourth-order valence-electron chi connectivity index (χ4n) is 9.04. The Morgan fingerprint density at radius 2 is 0.508 bits per heavy atom. The topological polar surface area (TPSA) is 43.7 Å². The summed E-state index contributed by atoms with van der Waals surface area (Å²) in [4.78, 5) is 14.6. The molecule has 10 aromatic rings. The first-order valence-corrected chi connectivity index (χ1v) is 21.2. The van der Waals surface area contributed by atoms with E-state index in [0.717, 1.165) is 90.9 Å².